The highest BCUT2D eigenvalue weighted by Crippen LogP contribution is 2.31. The van der Waals surface area contributed by atoms with E-state index in [9.17, 15) is 13.2 Å². The second-order valence-corrected chi connectivity index (χ2v) is 3.59. The predicted molar refractivity (Wildman–Crippen MR) is 49.9 cm³/mol. The van der Waals surface area contributed by atoms with Gasteiger partial charge in [0.05, 0.1) is 12.2 Å². The molecule has 0 bridgehead atoms. The number of alkyl halides is 3. The van der Waals surface area contributed by atoms with Crippen molar-refractivity contribution in [2.24, 2.45) is 0 Å². The summed E-state index contributed by atoms with van der Waals surface area (Å²) < 4.78 is 42.2. The van der Waals surface area contributed by atoms with Crippen LogP contribution in [0.5, 0.6) is 0 Å². The fourth-order valence-corrected chi connectivity index (χ4v) is 1.38. The minimum Gasteiger partial charge on any atom is -0.380 e. The molecule has 0 aromatic heterocycles. The van der Waals surface area contributed by atoms with Gasteiger partial charge in [0.1, 0.15) is 0 Å². The Kier molecular flexibility index (Phi) is 3.55. The Labute approximate surface area is 88.0 Å². The molecule has 0 aliphatic heterocycles. The molecule has 0 saturated carbocycles. The number of rotatable bonds is 2. The van der Waals surface area contributed by atoms with Crippen molar-refractivity contribution in [2.45, 2.75) is 12.8 Å². The smallest absolute Gasteiger partial charge is 0.380 e. The Bertz CT molecular complexity index is 322. The lowest BCUT2D eigenvalue weighted by molar-refractivity contribution is -0.137. The lowest BCUT2D eigenvalue weighted by atomic mass is 10.1. The summed E-state index contributed by atoms with van der Waals surface area (Å²) in [4.78, 5) is 0. The summed E-state index contributed by atoms with van der Waals surface area (Å²) in [6, 6.07) is 3.48. The third-order valence-electron chi connectivity index (χ3n) is 1.67. The van der Waals surface area contributed by atoms with Crippen LogP contribution in [0.1, 0.15) is 11.1 Å². The topological polar surface area (TPSA) is 9.23 Å². The van der Waals surface area contributed by atoms with Crippen molar-refractivity contribution in [3.8, 4) is 0 Å². The van der Waals surface area contributed by atoms with Gasteiger partial charge in [-0.05, 0) is 23.8 Å². The van der Waals surface area contributed by atoms with E-state index in [1.54, 1.807) is 0 Å². The highest BCUT2D eigenvalue weighted by Gasteiger charge is 2.30. The average Bonchev–Trinajstić information content (AvgIpc) is 2.07. The Morgan fingerprint density at radius 3 is 2.50 bits per heavy atom. The fraction of sp³-hybridized carbons (Fsp3) is 0.333. The van der Waals surface area contributed by atoms with E-state index in [1.165, 1.54) is 13.2 Å². The second kappa shape index (κ2) is 4.31. The fourth-order valence-electron chi connectivity index (χ4n) is 1.02. The first-order valence-corrected chi connectivity index (χ1v) is 4.59. The van der Waals surface area contributed by atoms with Gasteiger partial charge in [-0.3, -0.25) is 0 Å². The summed E-state index contributed by atoms with van der Waals surface area (Å²) >= 11 is 3.15. The van der Waals surface area contributed by atoms with Gasteiger partial charge in [-0.25, -0.2) is 0 Å². The van der Waals surface area contributed by atoms with Crippen molar-refractivity contribution in [1.82, 2.24) is 0 Å². The van der Waals surface area contributed by atoms with Crippen molar-refractivity contribution in [2.75, 3.05) is 7.11 Å². The molecule has 1 nitrogen and oxygen atoms in total. The van der Waals surface area contributed by atoms with E-state index in [0.717, 1.165) is 12.1 Å². The Morgan fingerprint density at radius 2 is 2.00 bits per heavy atom. The van der Waals surface area contributed by atoms with E-state index in [4.69, 9.17) is 4.74 Å². The van der Waals surface area contributed by atoms with Gasteiger partial charge in [-0.15, -0.1) is 0 Å². The lowest BCUT2D eigenvalue weighted by Crippen LogP contribution is -2.05. The third-order valence-corrected chi connectivity index (χ3v) is 2.45. The van der Waals surface area contributed by atoms with Crippen LogP contribution >= 0.6 is 15.9 Å². The molecule has 0 amide bonds. The summed E-state index contributed by atoms with van der Waals surface area (Å²) in [5.41, 5.74) is -0.171. The van der Waals surface area contributed by atoms with E-state index < -0.39 is 11.7 Å². The van der Waals surface area contributed by atoms with Crippen LogP contribution in [0.2, 0.25) is 0 Å². The number of hydrogen-bond acceptors (Lipinski definition) is 1. The normalized spacial score (nSPS) is 11.8. The van der Waals surface area contributed by atoms with E-state index in [1.807, 2.05) is 0 Å². The van der Waals surface area contributed by atoms with Gasteiger partial charge in [0, 0.05) is 11.6 Å². The molecular formula is C9H8BrF3O. The molecule has 1 rings (SSSR count). The first kappa shape index (κ1) is 11.5. The molecule has 0 radical (unpaired) electrons. The SMILES string of the molecule is COCc1cc(C(F)(F)F)ccc1Br. The van der Waals surface area contributed by atoms with Crippen molar-refractivity contribution in [1.29, 1.82) is 0 Å². The zero-order valence-electron chi connectivity index (χ0n) is 7.36. The van der Waals surface area contributed by atoms with Gasteiger partial charge in [-0.1, -0.05) is 15.9 Å². The second-order valence-electron chi connectivity index (χ2n) is 2.74. The first-order valence-electron chi connectivity index (χ1n) is 3.79. The summed E-state index contributed by atoms with van der Waals surface area (Å²) in [6.07, 6.45) is -4.30. The third kappa shape index (κ3) is 2.72. The van der Waals surface area contributed by atoms with E-state index in [-0.39, 0.29) is 6.61 Å². The molecule has 1 aromatic carbocycles. The van der Waals surface area contributed by atoms with Gasteiger partial charge in [0.25, 0.3) is 0 Å². The summed E-state index contributed by atoms with van der Waals surface area (Å²) in [7, 11) is 1.44. The quantitative estimate of drug-likeness (QED) is 0.796. The largest absolute Gasteiger partial charge is 0.416 e. The zero-order chi connectivity index (χ0) is 10.8. The molecule has 14 heavy (non-hydrogen) atoms. The van der Waals surface area contributed by atoms with Crippen LogP contribution in [0.3, 0.4) is 0 Å². The predicted octanol–water partition coefficient (Wildman–Crippen LogP) is 3.61. The van der Waals surface area contributed by atoms with Crippen molar-refractivity contribution >= 4 is 15.9 Å². The molecule has 0 saturated heterocycles. The van der Waals surface area contributed by atoms with Crippen LogP contribution < -0.4 is 0 Å². The number of methoxy groups -OCH3 is 1. The van der Waals surface area contributed by atoms with Crippen molar-refractivity contribution < 1.29 is 17.9 Å². The van der Waals surface area contributed by atoms with Crippen LogP contribution in [0.4, 0.5) is 13.2 Å². The van der Waals surface area contributed by atoms with E-state index >= 15 is 0 Å². The van der Waals surface area contributed by atoms with Crippen molar-refractivity contribution in [3.05, 3.63) is 33.8 Å². The number of ether oxygens (including phenoxy) is 1. The molecule has 5 heteroatoms. The van der Waals surface area contributed by atoms with Gasteiger partial charge in [0.2, 0.25) is 0 Å². The van der Waals surface area contributed by atoms with Gasteiger partial charge in [-0.2, -0.15) is 13.2 Å². The summed E-state index contributed by atoms with van der Waals surface area (Å²) in [5, 5.41) is 0. The minimum atomic E-state index is -4.30. The Morgan fingerprint density at radius 1 is 1.36 bits per heavy atom. The van der Waals surface area contributed by atoms with E-state index in [2.05, 4.69) is 15.9 Å². The highest BCUT2D eigenvalue weighted by atomic mass is 79.9. The Balaban J connectivity index is 3.06. The van der Waals surface area contributed by atoms with Crippen molar-refractivity contribution in [3.63, 3.8) is 0 Å². The van der Waals surface area contributed by atoms with Crippen LogP contribution in [0.15, 0.2) is 22.7 Å². The molecule has 0 heterocycles. The maximum Gasteiger partial charge on any atom is 0.416 e. The molecule has 0 N–H and O–H groups in total. The molecule has 0 aliphatic carbocycles. The van der Waals surface area contributed by atoms with Gasteiger partial charge in [0.15, 0.2) is 0 Å². The van der Waals surface area contributed by atoms with Crippen LogP contribution in [-0.2, 0) is 17.5 Å². The molecule has 0 aliphatic rings. The molecular weight excluding hydrogens is 261 g/mol. The summed E-state index contributed by atoms with van der Waals surface area (Å²) in [5.74, 6) is 0. The molecule has 0 spiro atoms. The molecule has 0 fully saturated rings. The minimum absolute atomic E-state index is 0.157. The van der Waals surface area contributed by atoms with Crippen LogP contribution in [-0.4, -0.2) is 7.11 Å². The molecule has 1 aromatic rings. The maximum atomic E-state index is 12.3. The van der Waals surface area contributed by atoms with E-state index in [0.29, 0.717) is 10.0 Å². The van der Waals surface area contributed by atoms with Crippen LogP contribution in [0.25, 0.3) is 0 Å². The molecule has 0 atom stereocenters. The monoisotopic (exact) mass is 268 g/mol. The van der Waals surface area contributed by atoms with Crippen LogP contribution in [0, 0.1) is 0 Å². The maximum absolute atomic E-state index is 12.3. The number of halogens is 4. The van der Waals surface area contributed by atoms with Gasteiger partial charge < -0.3 is 4.74 Å². The standard InChI is InChI=1S/C9H8BrF3O/c1-14-5-6-4-7(9(11,12)13)2-3-8(6)10/h2-4H,5H2,1H3. The number of benzene rings is 1. The highest BCUT2D eigenvalue weighted by molar-refractivity contribution is 9.10. The lowest BCUT2D eigenvalue weighted by Gasteiger charge is -2.09. The summed E-state index contributed by atoms with van der Waals surface area (Å²) in [6.45, 7) is 0.157. The van der Waals surface area contributed by atoms with Gasteiger partial charge >= 0.3 is 6.18 Å². The molecule has 0 unspecified atom stereocenters. The average molecular weight is 269 g/mol. The first-order chi connectivity index (χ1) is 6.45. The Hall–Kier alpha value is -0.550. The molecule has 78 valence electrons. The number of hydrogen-bond donors (Lipinski definition) is 0. The zero-order valence-corrected chi connectivity index (χ0v) is 8.95.